The van der Waals surface area contributed by atoms with Crippen molar-refractivity contribution in [3.05, 3.63) is 106 Å². The van der Waals surface area contributed by atoms with Crippen LogP contribution in [0.3, 0.4) is 0 Å². The van der Waals surface area contributed by atoms with Crippen LogP contribution in [-0.2, 0) is 19.3 Å². The first-order valence-corrected chi connectivity index (χ1v) is 17.6. The van der Waals surface area contributed by atoms with Crippen LogP contribution in [0.15, 0.2) is 59.1 Å². The summed E-state index contributed by atoms with van der Waals surface area (Å²) < 4.78 is 40.8. The van der Waals surface area contributed by atoms with Crippen LogP contribution in [0.25, 0.3) is 32.0 Å². The number of hydrogen-bond acceptors (Lipinski definition) is 9. The smallest absolute Gasteiger partial charge is 0.257 e. The van der Waals surface area contributed by atoms with Gasteiger partial charge in [-0.2, -0.15) is 0 Å². The van der Waals surface area contributed by atoms with E-state index in [2.05, 4.69) is 21.6 Å². The van der Waals surface area contributed by atoms with E-state index in [4.69, 9.17) is 19.1 Å². The number of carbonyl (C=O) groups is 1. The molecular formula is C38H32F2N6O3S. The summed E-state index contributed by atoms with van der Waals surface area (Å²) >= 11 is 1.54. The summed E-state index contributed by atoms with van der Waals surface area (Å²) in [5.41, 5.74) is 6.33. The first-order chi connectivity index (χ1) is 24.4. The van der Waals surface area contributed by atoms with Crippen molar-refractivity contribution in [1.82, 2.24) is 25.1 Å². The molecule has 9 nitrogen and oxygen atoms in total. The number of nitrogens with zero attached hydrogens (tertiary/aromatic N) is 5. The van der Waals surface area contributed by atoms with Crippen LogP contribution < -0.4 is 10.1 Å². The minimum absolute atomic E-state index is 0.0416. The van der Waals surface area contributed by atoms with Crippen molar-refractivity contribution in [3.63, 3.8) is 0 Å². The summed E-state index contributed by atoms with van der Waals surface area (Å²) in [7, 11) is 1.56. The Morgan fingerprint density at radius 1 is 1.02 bits per heavy atom. The average Bonchev–Trinajstić information content (AvgIpc) is 3.95. The van der Waals surface area contributed by atoms with Crippen molar-refractivity contribution in [2.24, 2.45) is 0 Å². The molecule has 0 saturated carbocycles. The maximum absolute atomic E-state index is 14.6. The molecule has 1 fully saturated rings. The van der Waals surface area contributed by atoms with Gasteiger partial charge in [0.15, 0.2) is 0 Å². The summed E-state index contributed by atoms with van der Waals surface area (Å²) in [6.45, 7) is 2.42. The van der Waals surface area contributed by atoms with Gasteiger partial charge in [0.2, 0.25) is 11.8 Å². The van der Waals surface area contributed by atoms with Gasteiger partial charge in [-0.3, -0.25) is 9.78 Å². The SMILES string of the molecule is COc1cc(F)cc2c1CC[C@H]2Nc1nccc2cc(-c3c4c(nc(CCc5ccc(F)cc5)c3-c3nnc(C)o3)C3CCCN3C4=O)sc12. The monoisotopic (exact) mass is 690 g/mol. The van der Waals surface area contributed by atoms with Gasteiger partial charge in [0.05, 0.1) is 46.4 Å². The van der Waals surface area contributed by atoms with E-state index in [1.807, 2.05) is 11.0 Å². The van der Waals surface area contributed by atoms with Gasteiger partial charge < -0.3 is 19.4 Å². The summed E-state index contributed by atoms with van der Waals surface area (Å²) in [4.78, 5) is 27.0. The second kappa shape index (κ2) is 12.0. The maximum atomic E-state index is 14.6. The molecule has 4 aromatic heterocycles. The highest BCUT2D eigenvalue weighted by molar-refractivity contribution is 7.23. The third-order valence-electron chi connectivity index (χ3n) is 10.1. The Balaban J connectivity index is 1.20. The molecule has 3 aliphatic rings. The number of anilines is 1. The molecule has 1 amide bonds. The number of thiophene rings is 1. The van der Waals surface area contributed by atoms with E-state index in [1.165, 1.54) is 29.5 Å². The van der Waals surface area contributed by atoms with E-state index < -0.39 is 0 Å². The largest absolute Gasteiger partial charge is 0.496 e. The molecule has 2 aliphatic heterocycles. The van der Waals surface area contributed by atoms with E-state index in [0.717, 1.165) is 74.3 Å². The number of fused-ring (bicyclic) bond motifs is 5. The van der Waals surface area contributed by atoms with E-state index in [1.54, 1.807) is 38.4 Å². The fraction of sp³-hybridized carbons (Fsp3) is 0.289. The molecule has 6 heterocycles. The number of halogens is 2. The summed E-state index contributed by atoms with van der Waals surface area (Å²) in [5.74, 6) is 1.28. The number of amides is 1. The lowest BCUT2D eigenvalue weighted by molar-refractivity contribution is 0.0776. The summed E-state index contributed by atoms with van der Waals surface area (Å²) in [5, 5.41) is 13.2. The van der Waals surface area contributed by atoms with Gasteiger partial charge in [-0.1, -0.05) is 12.1 Å². The number of aryl methyl sites for hydroxylation is 3. The number of carbonyl (C=O) groups excluding carboxylic acids is 1. The number of nitrogens with one attached hydrogen (secondary N) is 1. The lowest BCUT2D eigenvalue weighted by Crippen LogP contribution is -2.22. The maximum Gasteiger partial charge on any atom is 0.257 e. The normalized spacial score (nSPS) is 17.8. The number of hydrogen-bond donors (Lipinski definition) is 1. The molecule has 252 valence electrons. The number of benzene rings is 2. The van der Waals surface area contributed by atoms with Crippen molar-refractivity contribution in [1.29, 1.82) is 0 Å². The predicted octanol–water partition coefficient (Wildman–Crippen LogP) is 8.18. The average molecular weight is 691 g/mol. The van der Waals surface area contributed by atoms with Crippen LogP contribution in [-0.4, -0.2) is 44.6 Å². The number of rotatable bonds is 8. The first-order valence-electron chi connectivity index (χ1n) is 16.8. The molecule has 0 bridgehead atoms. The van der Waals surface area contributed by atoms with Crippen molar-refractivity contribution in [2.45, 2.75) is 57.5 Å². The van der Waals surface area contributed by atoms with Crippen molar-refractivity contribution in [3.8, 4) is 27.6 Å². The number of ether oxygens (including phenoxy) is 1. The fourth-order valence-electron chi connectivity index (χ4n) is 7.86. The fourth-order valence-corrected chi connectivity index (χ4v) is 9.03. The van der Waals surface area contributed by atoms with Crippen LogP contribution in [0, 0.1) is 18.6 Å². The number of methoxy groups -OCH3 is 1. The van der Waals surface area contributed by atoms with Crippen LogP contribution in [0.2, 0.25) is 0 Å². The molecule has 1 saturated heterocycles. The molecule has 0 spiro atoms. The zero-order chi connectivity index (χ0) is 34.1. The highest BCUT2D eigenvalue weighted by Gasteiger charge is 2.45. The molecule has 12 heteroatoms. The second-order valence-corrected chi connectivity index (χ2v) is 14.1. The minimum Gasteiger partial charge on any atom is -0.496 e. The van der Waals surface area contributed by atoms with Gasteiger partial charge in [-0.15, -0.1) is 21.5 Å². The van der Waals surface area contributed by atoms with Gasteiger partial charge in [0.1, 0.15) is 23.2 Å². The van der Waals surface area contributed by atoms with Crippen LogP contribution in [0.1, 0.15) is 75.7 Å². The zero-order valence-electron chi connectivity index (χ0n) is 27.4. The quantitative estimate of drug-likeness (QED) is 0.171. The van der Waals surface area contributed by atoms with E-state index in [-0.39, 0.29) is 29.6 Å². The molecule has 2 atom stereocenters. The van der Waals surface area contributed by atoms with Crippen molar-refractivity contribution >= 4 is 33.1 Å². The van der Waals surface area contributed by atoms with Gasteiger partial charge in [0.25, 0.3) is 5.91 Å². The first kappa shape index (κ1) is 30.8. The Morgan fingerprint density at radius 2 is 1.88 bits per heavy atom. The molecule has 1 aliphatic carbocycles. The molecule has 6 aromatic rings. The van der Waals surface area contributed by atoms with E-state index >= 15 is 0 Å². The lowest BCUT2D eigenvalue weighted by atomic mass is 9.93. The minimum atomic E-state index is -0.338. The molecule has 1 unspecified atom stereocenters. The Hall–Kier alpha value is -5.23. The van der Waals surface area contributed by atoms with Gasteiger partial charge >= 0.3 is 0 Å². The van der Waals surface area contributed by atoms with Gasteiger partial charge in [-0.05, 0) is 90.9 Å². The summed E-state index contributed by atoms with van der Waals surface area (Å²) in [6.07, 6.45) is 6.19. The van der Waals surface area contributed by atoms with Crippen LogP contribution in [0.5, 0.6) is 5.75 Å². The predicted molar refractivity (Wildman–Crippen MR) is 185 cm³/mol. The zero-order valence-corrected chi connectivity index (χ0v) is 28.2. The molecule has 1 N–H and O–H groups in total. The van der Waals surface area contributed by atoms with Gasteiger partial charge in [0, 0.05) is 36.2 Å². The Kier molecular flexibility index (Phi) is 7.38. The van der Waals surface area contributed by atoms with E-state index in [9.17, 15) is 13.6 Å². The molecule has 2 aromatic carbocycles. The second-order valence-electron chi connectivity index (χ2n) is 13.1. The third kappa shape index (κ3) is 5.03. The molecular weight excluding hydrogens is 659 g/mol. The Labute approximate surface area is 290 Å². The highest BCUT2D eigenvalue weighted by atomic mass is 32.1. The number of aromatic nitrogens is 4. The third-order valence-corrected chi connectivity index (χ3v) is 11.3. The highest BCUT2D eigenvalue weighted by Crippen LogP contribution is 2.51. The molecule has 0 radical (unpaired) electrons. The summed E-state index contributed by atoms with van der Waals surface area (Å²) in [6, 6.07) is 13.3. The topological polar surface area (TPSA) is 106 Å². The Morgan fingerprint density at radius 3 is 2.68 bits per heavy atom. The van der Waals surface area contributed by atoms with Crippen LogP contribution in [0.4, 0.5) is 14.6 Å². The standard InChI is InChI=1S/C38H32F2N6O3S/c1-19-44-45-37(49-19)31-27(11-7-20-5-8-22(39)9-6-20)42-34-28-4-3-15-46(28)38(47)33(34)32(31)30-16-21-13-14-41-36(35(21)50-30)43-26-12-10-24-25(26)17-23(40)18-29(24)48-2/h5-6,8-9,13-14,16-18,26,28H,3-4,7,10-12,15H2,1-2H3,(H,41,43)/t26-,28?/m1/s1. The van der Waals surface area contributed by atoms with E-state index in [0.29, 0.717) is 53.9 Å². The lowest BCUT2D eigenvalue weighted by Gasteiger charge is -2.16. The van der Waals surface area contributed by atoms with Crippen molar-refractivity contribution in [2.75, 3.05) is 19.0 Å². The molecule has 9 rings (SSSR count). The van der Waals surface area contributed by atoms with Crippen LogP contribution >= 0.6 is 11.3 Å². The molecule has 50 heavy (non-hydrogen) atoms. The Bertz CT molecular complexity index is 2320. The van der Waals surface area contributed by atoms with Gasteiger partial charge in [-0.25, -0.2) is 13.8 Å². The van der Waals surface area contributed by atoms with Crippen molar-refractivity contribution < 1.29 is 22.7 Å². The number of pyridine rings is 2.